The van der Waals surface area contributed by atoms with Crippen molar-refractivity contribution < 1.29 is 5.11 Å². The summed E-state index contributed by atoms with van der Waals surface area (Å²) in [7, 11) is 0. The fraction of sp³-hybridized carbons (Fsp3) is 0.542. The lowest BCUT2D eigenvalue weighted by Gasteiger charge is -2.43. The van der Waals surface area contributed by atoms with Crippen LogP contribution in [0.15, 0.2) is 30.9 Å². The van der Waals surface area contributed by atoms with E-state index in [1.54, 1.807) is 12.5 Å². The largest absolute Gasteiger partial charge is 0.390 e. The molecule has 0 amide bonds. The van der Waals surface area contributed by atoms with E-state index >= 15 is 0 Å². The van der Waals surface area contributed by atoms with Gasteiger partial charge in [0.05, 0.1) is 29.1 Å². The number of hydrogen-bond acceptors (Lipinski definition) is 7. The van der Waals surface area contributed by atoms with E-state index in [9.17, 15) is 10.4 Å². The van der Waals surface area contributed by atoms with Crippen LogP contribution >= 0.6 is 0 Å². The first kappa shape index (κ1) is 19.6. The van der Waals surface area contributed by atoms with Gasteiger partial charge in [0.1, 0.15) is 17.6 Å². The molecule has 3 fully saturated rings. The first-order valence-corrected chi connectivity index (χ1v) is 11.4. The predicted molar refractivity (Wildman–Crippen MR) is 119 cm³/mol. The van der Waals surface area contributed by atoms with E-state index in [0.717, 1.165) is 54.8 Å². The number of aliphatic hydroxyl groups is 1. The highest BCUT2D eigenvalue weighted by molar-refractivity contribution is 5.80. The van der Waals surface area contributed by atoms with Crippen LogP contribution in [-0.4, -0.2) is 48.5 Å². The molecule has 4 heterocycles. The molecule has 1 saturated heterocycles. The Balaban J connectivity index is 1.33. The van der Waals surface area contributed by atoms with Gasteiger partial charge in [-0.1, -0.05) is 0 Å². The molecule has 8 heteroatoms. The van der Waals surface area contributed by atoms with Crippen LogP contribution in [0, 0.1) is 22.7 Å². The van der Waals surface area contributed by atoms with Crippen molar-refractivity contribution in [3.05, 3.63) is 36.5 Å². The molecule has 3 aromatic heterocycles. The van der Waals surface area contributed by atoms with Crippen molar-refractivity contribution in [2.75, 3.05) is 18.0 Å². The zero-order valence-electron chi connectivity index (χ0n) is 18.5. The molecular formula is C24H27N7O. The van der Waals surface area contributed by atoms with Crippen molar-refractivity contribution in [1.82, 2.24) is 24.7 Å². The highest BCUT2D eigenvalue weighted by atomic mass is 16.3. The molecule has 1 atom stereocenters. The van der Waals surface area contributed by atoms with Gasteiger partial charge in [-0.05, 0) is 57.4 Å². The Kier molecular flexibility index (Phi) is 3.98. The van der Waals surface area contributed by atoms with Gasteiger partial charge in [0.25, 0.3) is 0 Å². The number of anilines is 1. The SMILES string of the molecule is CC(C)(O)C1CCN(c2cc(-n3ncc4cnc(C5(C#N)CC6(CC6)C5)cc43)ncn2)C1. The van der Waals surface area contributed by atoms with Gasteiger partial charge in [-0.15, -0.1) is 0 Å². The van der Waals surface area contributed by atoms with E-state index in [4.69, 9.17) is 0 Å². The lowest BCUT2D eigenvalue weighted by molar-refractivity contribution is 0.0263. The first-order chi connectivity index (χ1) is 15.3. The molecule has 1 N–H and O–H groups in total. The number of nitriles is 1. The maximum absolute atomic E-state index is 10.4. The van der Waals surface area contributed by atoms with E-state index in [-0.39, 0.29) is 5.92 Å². The minimum atomic E-state index is -0.705. The van der Waals surface area contributed by atoms with Crippen LogP contribution in [0.4, 0.5) is 5.82 Å². The summed E-state index contributed by atoms with van der Waals surface area (Å²) in [5.41, 5.74) is 0.975. The van der Waals surface area contributed by atoms with Crippen molar-refractivity contribution in [2.45, 2.75) is 57.0 Å². The Morgan fingerprint density at radius 3 is 2.59 bits per heavy atom. The predicted octanol–water partition coefficient (Wildman–Crippen LogP) is 3.14. The van der Waals surface area contributed by atoms with Gasteiger partial charge in [-0.2, -0.15) is 10.4 Å². The van der Waals surface area contributed by atoms with Crippen LogP contribution in [0.3, 0.4) is 0 Å². The van der Waals surface area contributed by atoms with Gasteiger partial charge >= 0.3 is 0 Å². The standard InChI is InChI=1S/C24H27N7O/c1-22(2,32)17-3-6-30(11-17)20-8-21(28-15-27-20)31-18-7-19(26-9-16(18)10-29-31)24(14-25)12-23(13-24)4-5-23/h7-10,15,17,32H,3-6,11-13H2,1-2H3. The average molecular weight is 430 g/mol. The Labute approximate surface area is 186 Å². The summed E-state index contributed by atoms with van der Waals surface area (Å²) in [5.74, 6) is 1.73. The Hall–Kier alpha value is -3.05. The van der Waals surface area contributed by atoms with Crippen LogP contribution in [-0.2, 0) is 5.41 Å². The quantitative estimate of drug-likeness (QED) is 0.679. The molecule has 0 radical (unpaired) electrons. The third kappa shape index (κ3) is 2.99. The lowest BCUT2D eigenvalue weighted by Crippen LogP contribution is -2.42. The second kappa shape index (κ2) is 6.48. The van der Waals surface area contributed by atoms with Gasteiger partial charge in [0.15, 0.2) is 5.82 Å². The molecule has 2 saturated carbocycles. The Bertz CT molecular complexity index is 1240. The Morgan fingerprint density at radius 2 is 1.91 bits per heavy atom. The summed E-state index contributed by atoms with van der Waals surface area (Å²) in [6.07, 6.45) is 10.4. The van der Waals surface area contributed by atoms with Gasteiger partial charge in [-0.25, -0.2) is 14.6 Å². The number of nitrogens with zero attached hydrogens (tertiary/aromatic N) is 7. The molecule has 32 heavy (non-hydrogen) atoms. The fourth-order valence-corrected chi connectivity index (χ4v) is 5.61. The molecule has 164 valence electrons. The van der Waals surface area contributed by atoms with Crippen LogP contribution in [0.5, 0.6) is 0 Å². The summed E-state index contributed by atoms with van der Waals surface area (Å²) >= 11 is 0. The highest BCUT2D eigenvalue weighted by Crippen LogP contribution is 2.68. The zero-order chi connectivity index (χ0) is 22.1. The molecule has 0 bridgehead atoms. The summed E-state index contributed by atoms with van der Waals surface area (Å²) in [5, 5.41) is 25.8. The molecule has 1 aliphatic heterocycles. The maximum atomic E-state index is 10.4. The summed E-state index contributed by atoms with van der Waals surface area (Å²) < 4.78 is 1.81. The van der Waals surface area contributed by atoms with Crippen LogP contribution in [0.1, 0.15) is 51.6 Å². The smallest absolute Gasteiger partial charge is 0.159 e. The Morgan fingerprint density at radius 1 is 1.12 bits per heavy atom. The van der Waals surface area contributed by atoms with Crippen molar-refractivity contribution in [3.63, 3.8) is 0 Å². The maximum Gasteiger partial charge on any atom is 0.159 e. The van der Waals surface area contributed by atoms with E-state index in [0.29, 0.717) is 11.2 Å². The minimum Gasteiger partial charge on any atom is -0.390 e. The normalized spacial score (nSPS) is 23.3. The van der Waals surface area contributed by atoms with E-state index in [2.05, 4.69) is 31.0 Å². The molecule has 1 unspecified atom stereocenters. The molecule has 3 aromatic rings. The molecule has 2 aliphatic carbocycles. The van der Waals surface area contributed by atoms with E-state index in [1.165, 1.54) is 12.8 Å². The molecule has 6 rings (SSSR count). The van der Waals surface area contributed by atoms with Crippen LogP contribution in [0.2, 0.25) is 0 Å². The first-order valence-electron chi connectivity index (χ1n) is 11.4. The summed E-state index contributed by atoms with van der Waals surface area (Å²) in [6, 6.07) is 6.52. The number of aromatic nitrogens is 5. The lowest BCUT2D eigenvalue weighted by atomic mass is 9.58. The van der Waals surface area contributed by atoms with Crippen molar-refractivity contribution in [3.8, 4) is 11.9 Å². The average Bonchev–Trinajstić information content (AvgIpc) is 3.19. The van der Waals surface area contributed by atoms with Gasteiger partial charge in [0, 0.05) is 36.7 Å². The fourth-order valence-electron chi connectivity index (χ4n) is 5.61. The number of fused-ring (bicyclic) bond motifs is 1. The van der Waals surface area contributed by atoms with Crippen LogP contribution in [0.25, 0.3) is 16.7 Å². The summed E-state index contributed by atoms with van der Waals surface area (Å²) in [6.45, 7) is 5.36. The van der Waals surface area contributed by atoms with Gasteiger partial charge < -0.3 is 10.0 Å². The van der Waals surface area contributed by atoms with Crippen molar-refractivity contribution in [2.24, 2.45) is 11.3 Å². The second-order valence-corrected chi connectivity index (χ2v) is 10.6. The van der Waals surface area contributed by atoms with E-state index in [1.807, 2.05) is 36.9 Å². The third-order valence-corrected chi connectivity index (χ3v) is 7.83. The highest BCUT2D eigenvalue weighted by Gasteiger charge is 2.62. The topological polar surface area (TPSA) is 104 Å². The minimum absolute atomic E-state index is 0.208. The summed E-state index contributed by atoms with van der Waals surface area (Å²) in [4.78, 5) is 15.8. The molecule has 3 aliphatic rings. The van der Waals surface area contributed by atoms with E-state index < -0.39 is 11.0 Å². The molecule has 0 aromatic carbocycles. The number of hydrogen-bond donors (Lipinski definition) is 1. The zero-order valence-corrected chi connectivity index (χ0v) is 18.5. The monoisotopic (exact) mass is 429 g/mol. The second-order valence-electron chi connectivity index (χ2n) is 10.6. The number of pyridine rings is 1. The van der Waals surface area contributed by atoms with Gasteiger partial charge in [0.2, 0.25) is 0 Å². The molecular weight excluding hydrogens is 402 g/mol. The van der Waals surface area contributed by atoms with Crippen LogP contribution < -0.4 is 4.90 Å². The van der Waals surface area contributed by atoms with Crippen molar-refractivity contribution >= 4 is 16.7 Å². The molecule has 8 nitrogen and oxygen atoms in total. The molecule has 1 spiro atoms. The number of rotatable bonds is 4. The third-order valence-electron chi connectivity index (χ3n) is 7.83. The van der Waals surface area contributed by atoms with Gasteiger partial charge in [-0.3, -0.25) is 4.98 Å². The van der Waals surface area contributed by atoms with Crippen molar-refractivity contribution in [1.29, 1.82) is 5.26 Å².